The van der Waals surface area contributed by atoms with Crippen molar-refractivity contribution in [3.8, 4) is 0 Å². The van der Waals surface area contributed by atoms with Gasteiger partial charge in [0, 0.05) is 25.2 Å². The fraction of sp³-hybridized carbons (Fsp3) is 0.933. The second-order valence-electron chi connectivity index (χ2n) is 6.52. The third-order valence-corrected chi connectivity index (χ3v) is 5.00. The lowest BCUT2D eigenvalue weighted by atomic mass is 9.85. The predicted molar refractivity (Wildman–Crippen MR) is 75.4 cm³/mol. The average molecular weight is 282 g/mol. The third-order valence-electron chi connectivity index (χ3n) is 5.00. The molecule has 5 nitrogen and oxygen atoms in total. The minimum atomic E-state index is -0.0866. The van der Waals surface area contributed by atoms with Gasteiger partial charge in [-0.3, -0.25) is 0 Å². The summed E-state index contributed by atoms with van der Waals surface area (Å²) in [6.07, 6.45) is 7.90. The highest BCUT2D eigenvalue weighted by molar-refractivity contribution is 5.74. The quantitative estimate of drug-likeness (QED) is 0.730. The van der Waals surface area contributed by atoms with Crippen LogP contribution < -0.4 is 10.6 Å². The molecule has 1 aliphatic heterocycles. The Bertz CT molecular complexity index is 340. The van der Waals surface area contributed by atoms with E-state index in [1.54, 1.807) is 0 Å². The summed E-state index contributed by atoms with van der Waals surface area (Å²) in [6.45, 7) is 0.928. The highest BCUT2D eigenvalue weighted by Gasteiger charge is 2.41. The second kappa shape index (κ2) is 6.31. The minimum absolute atomic E-state index is 0.0866. The first kappa shape index (κ1) is 14.1. The Balaban J connectivity index is 1.48. The molecule has 3 N–H and O–H groups in total. The molecule has 0 spiro atoms. The van der Waals surface area contributed by atoms with Gasteiger partial charge in [-0.05, 0) is 38.0 Å². The summed E-state index contributed by atoms with van der Waals surface area (Å²) in [5, 5.41) is 15.5. The number of amides is 2. The SMILES string of the molecule is O=C(N[C@H]1CCO[C@H]1C1CC1)N[C@@H]1CCCC[C@@H]1CO. The number of carbonyl (C=O) groups excluding carboxylic acids is 1. The Morgan fingerprint density at radius 2 is 1.80 bits per heavy atom. The predicted octanol–water partition coefficient (Wildman–Crippen LogP) is 1.40. The van der Waals surface area contributed by atoms with Crippen LogP contribution in [-0.4, -0.2) is 42.5 Å². The molecule has 20 heavy (non-hydrogen) atoms. The van der Waals surface area contributed by atoms with E-state index in [0.29, 0.717) is 5.92 Å². The minimum Gasteiger partial charge on any atom is -0.396 e. The zero-order valence-corrected chi connectivity index (χ0v) is 12.0. The van der Waals surface area contributed by atoms with E-state index in [-0.39, 0.29) is 36.7 Å². The third kappa shape index (κ3) is 3.26. The van der Waals surface area contributed by atoms with Crippen molar-refractivity contribution in [1.82, 2.24) is 10.6 Å². The summed E-state index contributed by atoms with van der Waals surface area (Å²) in [5.74, 6) is 0.872. The van der Waals surface area contributed by atoms with E-state index in [2.05, 4.69) is 10.6 Å². The normalized spacial score (nSPS) is 37.6. The molecule has 1 heterocycles. The molecule has 5 heteroatoms. The molecule has 0 aromatic rings. The molecule has 0 aromatic carbocycles. The van der Waals surface area contributed by atoms with Gasteiger partial charge in [0.25, 0.3) is 0 Å². The van der Waals surface area contributed by atoms with E-state index in [9.17, 15) is 9.90 Å². The Kier molecular flexibility index (Phi) is 4.46. The fourth-order valence-corrected chi connectivity index (χ4v) is 3.65. The first-order valence-corrected chi connectivity index (χ1v) is 8.07. The lowest BCUT2D eigenvalue weighted by molar-refractivity contribution is 0.0820. The number of hydrogen-bond donors (Lipinski definition) is 3. The molecule has 3 fully saturated rings. The van der Waals surface area contributed by atoms with Gasteiger partial charge in [0.2, 0.25) is 0 Å². The number of rotatable bonds is 4. The van der Waals surface area contributed by atoms with Crippen LogP contribution in [0.15, 0.2) is 0 Å². The molecule has 2 saturated carbocycles. The maximum absolute atomic E-state index is 12.2. The van der Waals surface area contributed by atoms with Crippen LogP contribution in [-0.2, 0) is 4.74 Å². The monoisotopic (exact) mass is 282 g/mol. The van der Waals surface area contributed by atoms with Crippen LogP contribution in [0.4, 0.5) is 4.79 Å². The summed E-state index contributed by atoms with van der Waals surface area (Å²) >= 11 is 0. The van der Waals surface area contributed by atoms with E-state index in [4.69, 9.17) is 4.74 Å². The molecule has 1 saturated heterocycles. The molecule has 3 rings (SSSR count). The zero-order valence-electron chi connectivity index (χ0n) is 12.0. The molecule has 4 atom stereocenters. The Morgan fingerprint density at radius 3 is 2.55 bits per heavy atom. The van der Waals surface area contributed by atoms with Gasteiger partial charge in [0.1, 0.15) is 0 Å². The number of hydrogen-bond acceptors (Lipinski definition) is 3. The summed E-state index contributed by atoms with van der Waals surface area (Å²) < 4.78 is 5.74. The Labute approximate surface area is 120 Å². The number of aliphatic hydroxyl groups excluding tert-OH is 1. The van der Waals surface area contributed by atoms with E-state index in [1.807, 2.05) is 0 Å². The van der Waals surface area contributed by atoms with Gasteiger partial charge in [0.05, 0.1) is 12.1 Å². The van der Waals surface area contributed by atoms with Crippen LogP contribution in [0.3, 0.4) is 0 Å². The van der Waals surface area contributed by atoms with Gasteiger partial charge in [-0.2, -0.15) is 0 Å². The molecular formula is C15H26N2O3. The van der Waals surface area contributed by atoms with Crippen molar-refractivity contribution in [3.05, 3.63) is 0 Å². The summed E-state index contributed by atoms with van der Waals surface area (Å²) in [7, 11) is 0. The van der Waals surface area contributed by atoms with Gasteiger partial charge in [0.15, 0.2) is 0 Å². The van der Waals surface area contributed by atoms with E-state index in [1.165, 1.54) is 12.8 Å². The lowest BCUT2D eigenvalue weighted by Gasteiger charge is -2.31. The topological polar surface area (TPSA) is 70.6 Å². The van der Waals surface area contributed by atoms with E-state index < -0.39 is 0 Å². The van der Waals surface area contributed by atoms with Crippen LogP contribution in [0.25, 0.3) is 0 Å². The van der Waals surface area contributed by atoms with Crippen LogP contribution in [0, 0.1) is 11.8 Å². The number of nitrogens with one attached hydrogen (secondary N) is 2. The van der Waals surface area contributed by atoms with Crippen molar-refractivity contribution >= 4 is 6.03 Å². The van der Waals surface area contributed by atoms with Crippen molar-refractivity contribution in [2.75, 3.05) is 13.2 Å². The van der Waals surface area contributed by atoms with Gasteiger partial charge < -0.3 is 20.5 Å². The summed E-state index contributed by atoms with van der Waals surface area (Å²) in [5.41, 5.74) is 0. The molecule has 0 unspecified atom stereocenters. The standard InChI is InChI=1S/C15H26N2O3/c18-9-11-3-1-2-4-12(11)16-15(19)17-13-7-8-20-14(13)10-5-6-10/h10-14,18H,1-9H2,(H2,16,17,19)/t11-,12-,13+,14+/m1/s1. The molecule has 3 aliphatic rings. The van der Waals surface area contributed by atoms with Crippen LogP contribution >= 0.6 is 0 Å². The number of aliphatic hydroxyl groups is 1. The lowest BCUT2D eigenvalue weighted by Crippen LogP contribution is -2.52. The smallest absolute Gasteiger partial charge is 0.315 e. The number of urea groups is 1. The average Bonchev–Trinajstić information content (AvgIpc) is 3.20. The molecule has 0 aromatic heterocycles. The molecule has 0 radical (unpaired) electrons. The molecule has 2 aliphatic carbocycles. The van der Waals surface area contributed by atoms with Crippen molar-refractivity contribution in [1.29, 1.82) is 0 Å². The molecule has 114 valence electrons. The highest BCUT2D eigenvalue weighted by Crippen LogP contribution is 2.38. The number of ether oxygens (including phenoxy) is 1. The van der Waals surface area contributed by atoms with Gasteiger partial charge in [-0.25, -0.2) is 4.79 Å². The van der Waals surface area contributed by atoms with Crippen molar-refractivity contribution in [2.45, 2.75) is 63.1 Å². The molecular weight excluding hydrogens is 256 g/mol. The fourth-order valence-electron chi connectivity index (χ4n) is 3.65. The number of carbonyl (C=O) groups is 1. The Hall–Kier alpha value is -0.810. The van der Waals surface area contributed by atoms with E-state index >= 15 is 0 Å². The molecule has 0 bridgehead atoms. The summed E-state index contributed by atoms with van der Waals surface area (Å²) in [6, 6.07) is 0.200. The van der Waals surface area contributed by atoms with Crippen molar-refractivity contribution < 1.29 is 14.6 Å². The van der Waals surface area contributed by atoms with E-state index in [0.717, 1.165) is 38.7 Å². The first-order chi connectivity index (χ1) is 9.78. The Morgan fingerprint density at radius 1 is 1.05 bits per heavy atom. The van der Waals surface area contributed by atoms with Crippen LogP contribution in [0.2, 0.25) is 0 Å². The maximum Gasteiger partial charge on any atom is 0.315 e. The largest absolute Gasteiger partial charge is 0.396 e. The van der Waals surface area contributed by atoms with Crippen molar-refractivity contribution in [3.63, 3.8) is 0 Å². The van der Waals surface area contributed by atoms with Crippen LogP contribution in [0.1, 0.15) is 44.9 Å². The van der Waals surface area contributed by atoms with Crippen molar-refractivity contribution in [2.24, 2.45) is 11.8 Å². The second-order valence-corrected chi connectivity index (χ2v) is 6.52. The van der Waals surface area contributed by atoms with Gasteiger partial charge in [-0.15, -0.1) is 0 Å². The summed E-state index contributed by atoms with van der Waals surface area (Å²) in [4.78, 5) is 12.2. The highest BCUT2D eigenvalue weighted by atomic mass is 16.5. The van der Waals surface area contributed by atoms with Gasteiger partial charge >= 0.3 is 6.03 Å². The zero-order chi connectivity index (χ0) is 13.9. The molecule has 2 amide bonds. The first-order valence-electron chi connectivity index (χ1n) is 8.07. The maximum atomic E-state index is 12.2. The van der Waals surface area contributed by atoms with Crippen LogP contribution in [0.5, 0.6) is 0 Å². The van der Waals surface area contributed by atoms with Gasteiger partial charge in [-0.1, -0.05) is 12.8 Å².